The van der Waals surface area contributed by atoms with Crippen LogP contribution in [-0.2, 0) is 11.8 Å². The highest BCUT2D eigenvalue weighted by Gasteiger charge is 2.73. The van der Waals surface area contributed by atoms with Crippen molar-refractivity contribution in [1.82, 2.24) is 9.78 Å². The van der Waals surface area contributed by atoms with Crippen molar-refractivity contribution in [3.63, 3.8) is 0 Å². The van der Waals surface area contributed by atoms with Gasteiger partial charge in [0.25, 0.3) is 0 Å². The van der Waals surface area contributed by atoms with Gasteiger partial charge in [-0.2, -0.15) is 44.6 Å². The van der Waals surface area contributed by atoms with E-state index in [2.05, 4.69) is 5.10 Å². The summed E-state index contributed by atoms with van der Waals surface area (Å²) in [7, 11) is 0. The van der Waals surface area contributed by atoms with Crippen LogP contribution in [0.3, 0.4) is 0 Å². The minimum Gasteiger partial charge on any atom is -0.239 e. The minimum absolute atomic E-state index is 0.0834. The topological polar surface area (TPSA) is 17.8 Å². The summed E-state index contributed by atoms with van der Waals surface area (Å²) in [6, 6.07) is -0.405. The Morgan fingerprint density at radius 2 is 1.41 bits per heavy atom. The number of rotatable bonds is 2. The van der Waals surface area contributed by atoms with Crippen molar-refractivity contribution in [2.24, 2.45) is 0 Å². The maximum absolute atomic E-state index is 14.2. The van der Waals surface area contributed by atoms with Crippen LogP contribution in [0.25, 0.3) is 5.69 Å². The Labute approximate surface area is 158 Å². The molecule has 0 aliphatic rings. The zero-order chi connectivity index (χ0) is 21.0. The Kier molecular flexibility index (Phi) is 5.25. The molecule has 0 aliphatic carbocycles. The molecule has 2 aromatic rings. The van der Waals surface area contributed by atoms with E-state index in [9.17, 15) is 43.9 Å². The average molecular weight is 520 g/mol. The van der Waals surface area contributed by atoms with Crippen LogP contribution in [0, 0.1) is 10.5 Å². The summed E-state index contributed by atoms with van der Waals surface area (Å²) in [6.45, 7) is 0.829. The van der Waals surface area contributed by atoms with Crippen LogP contribution in [0.4, 0.5) is 43.9 Å². The van der Waals surface area contributed by atoms with Crippen LogP contribution in [0.5, 0.6) is 0 Å². The summed E-state index contributed by atoms with van der Waals surface area (Å²) >= 11 is 1.69. The Balaban J connectivity index is 2.88. The Hall–Kier alpha value is -1.54. The molecule has 2 rings (SSSR count). The van der Waals surface area contributed by atoms with E-state index in [0.717, 1.165) is 19.3 Å². The second-order valence-electron chi connectivity index (χ2n) is 5.44. The van der Waals surface area contributed by atoms with Crippen molar-refractivity contribution in [2.45, 2.75) is 31.1 Å². The third kappa shape index (κ3) is 3.74. The van der Waals surface area contributed by atoms with Crippen molar-refractivity contribution < 1.29 is 43.9 Å². The number of nitrogens with zero attached hydrogens (tertiary/aromatic N) is 2. The molecule has 0 unspecified atom stereocenters. The van der Waals surface area contributed by atoms with Crippen LogP contribution in [-0.4, -0.2) is 22.1 Å². The zero-order valence-electron chi connectivity index (χ0n) is 12.9. The predicted octanol–water partition coefficient (Wildman–Crippen LogP) is 6.09. The molecule has 0 bridgehead atoms. The highest BCUT2D eigenvalue weighted by Crippen LogP contribution is 2.54. The molecule has 27 heavy (non-hydrogen) atoms. The molecule has 0 spiro atoms. The molecule has 0 N–H and O–H groups in total. The summed E-state index contributed by atoms with van der Waals surface area (Å²) in [5.74, 6) is 0. The Morgan fingerprint density at radius 1 is 0.889 bits per heavy atom. The van der Waals surface area contributed by atoms with Crippen molar-refractivity contribution in [3.05, 3.63) is 44.8 Å². The highest BCUT2D eigenvalue weighted by molar-refractivity contribution is 14.1. The van der Waals surface area contributed by atoms with Crippen LogP contribution >= 0.6 is 22.6 Å². The van der Waals surface area contributed by atoms with Gasteiger partial charge >= 0.3 is 24.2 Å². The molecule has 0 saturated carbocycles. The summed E-state index contributed by atoms with van der Waals surface area (Å²) in [4.78, 5) is 0. The first kappa shape index (κ1) is 21.8. The van der Waals surface area contributed by atoms with Gasteiger partial charge < -0.3 is 0 Å². The van der Waals surface area contributed by atoms with Gasteiger partial charge in [-0.15, -0.1) is 0 Å². The summed E-state index contributed by atoms with van der Waals surface area (Å²) in [6.07, 6.45) is -16.2. The van der Waals surface area contributed by atoms with Gasteiger partial charge in [-0.05, 0) is 41.1 Å². The van der Waals surface area contributed by atoms with E-state index in [1.54, 1.807) is 22.6 Å². The number of hydrogen-bond acceptors (Lipinski definition) is 1. The maximum atomic E-state index is 14.2. The summed E-state index contributed by atoms with van der Waals surface area (Å²) < 4.78 is 133. The van der Waals surface area contributed by atoms with Gasteiger partial charge in [0.15, 0.2) is 0 Å². The fourth-order valence-corrected chi connectivity index (χ4v) is 2.80. The lowest BCUT2D eigenvalue weighted by Crippen LogP contribution is -2.50. The van der Waals surface area contributed by atoms with Crippen molar-refractivity contribution in [3.8, 4) is 5.69 Å². The largest absolute Gasteiger partial charge is 0.435 e. The summed E-state index contributed by atoms with van der Waals surface area (Å²) in [5.41, 5.74) is -11.5. The van der Waals surface area contributed by atoms with Crippen LogP contribution < -0.4 is 0 Å². The van der Waals surface area contributed by atoms with E-state index >= 15 is 0 Å². The van der Waals surface area contributed by atoms with Crippen molar-refractivity contribution in [1.29, 1.82) is 0 Å². The maximum Gasteiger partial charge on any atom is 0.435 e. The number of aromatic nitrogens is 2. The molecule has 1 heterocycles. The highest BCUT2D eigenvalue weighted by atomic mass is 127. The first-order valence-corrected chi connectivity index (χ1v) is 7.83. The molecule has 13 heteroatoms. The lowest BCUT2D eigenvalue weighted by molar-refractivity contribution is -0.348. The average Bonchev–Trinajstić information content (AvgIpc) is 2.88. The summed E-state index contributed by atoms with van der Waals surface area (Å²) in [5, 5.41) is 3.58. The smallest absolute Gasteiger partial charge is 0.239 e. The molecule has 1 aromatic carbocycles. The monoisotopic (exact) mass is 520 g/mol. The molecule has 2 nitrogen and oxygen atoms in total. The van der Waals surface area contributed by atoms with E-state index in [1.807, 2.05) is 0 Å². The van der Waals surface area contributed by atoms with Gasteiger partial charge in [0.1, 0.15) is 0 Å². The van der Waals surface area contributed by atoms with E-state index in [-0.39, 0.29) is 6.07 Å². The second-order valence-corrected chi connectivity index (χ2v) is 6.69. The number of halogens is 11. The number of aryl methyl sites for hydroxylation is 1. The van der Waals surface area contributed by atoms with Crippen LogP contribution in [0.2, 0.25) is 0 Å². The number of benzene rings is 1. The molecule has 150 valence electrons. The third-order valence-corrected chi connectivity index (χ3v) is 4.12. The first-order chi connectivity index (χ1) is 12.0. The van der Waals surface area contributed by atoms with E-state index in [4.69, 9.17) is 0 Å². The molecule has 0 aliphatic heterocycles. The zero-order valence-corrected chi connectivity index (χ0v) is 15.0. The van der Waals surface area contributed by atoms with Gasteiger partial charge in [-0.25, -0.2) is 9.07 Å². The van der Waals surface area contributed by atoms with Gasteiger partial charge in [0.2, 0.25) is 0 Å². The number of alkyl halides is 10. The van der Waals surface area contributed by atoms with Gasteiger partial charge in [-0.3, -0.25) is 0 Å². The third-order valence-electron chi connectivity index (χ3n) is 3.57. The standard InChI is InChI=1S/C14H7F10IN2/c1-6-2-7(11(15,13(19,20)21)14(22,23)24)3-9(12(16,17)18)10(6)27-5-8(25)4-26-27/h2-5H,1H3. The quantitative estimate of drug-likeness (QED) is 0.346. The molecule has 1 aromatic heterocycles. The first-order valence-electron chi connectivity index (χ1n) is 6.75. The minimum atomic E-state index is -6.52. The predicted molar refractivity (Wildman–Crippen MR) is 80.9 cm³/mol. The van der Waals surface area contributed by atoms with Crippen molar-refractivity contribution >= 4 is 22.6 Å². The Morgan fingerprint density at radius 3 is 1.78 bits per heavy atom. The molecule has 0 saturated heterocycles. The Bertz CT molecular complexity index is 833. The number of hydrogen-bond donors (Lipinski definition) is 0. The van der Waals surface area contributed by atoms with Gasteiger partial charge in [0.05, 0.1) is 21.0 Å². The normalized spacial score (nSPS) is 13.9. The van der Waals surface area contributed by atoms with Crippen LogP contribution in [0.15, 0.2) is 24.5 Å². The molecular formula is C14H7F10IN2. The molecular weight excluding hydrogens is 513 g/mol. The molecule has 0 atom stereocenters. The van der Waals surface area contributed by atoms with Crippen molar-refractivity contribution in [2.75, 3.05) is 0 Å². The van der Waals surface area contributed by atoms with E-state index in [1.165, 1.54) is 0 Å². The molecule has 0 amide bonds. The SMILES string of the molecule is Cc1cc(C(F)(C(F)(F)F)C(F)(F)F)cc(C(F)(F)F)c1-n1cc(I)cn1. The van der Waals surface area contributed by atoms with E-state index < -0.39 is 52.6 Å². The fourth-order valence-electron chi connectivity index (χ4n) is 2.41. The van der Waals surface area contributed by atoms with Gasteiger partial charge in [0, 0.05) is 11.8 Å². The lowest BCUT2D eigenvalue weighted by atomic mass is 9.90. The molecule has 0 fully saturated rings. The lowest BCUT2D eigenvalue weighted by Gasteiger charge is -2.31. The fraction of sp³-hybridized carbons (Fsp3) is 0.357. The van der Waals surface area contributed by atoms with Gasteiger partial charge in [-0.1, -0.05) is 6.07 Å². The van der Waals surface area contributed by atoms with Crippen LogP contribution in [0.1, 0.15) is 16.7 Å². The van der Waals surface area contributed by atoms with E-state index in [0.29, 0.717) is 8.25 Å². The second kappa shape index (κ2) is 6.51. The molecule has 0 radical (unpaired) electrons.